The zero-order valence-corrected chi connectivity index (χ0v) is 14.9. The van der Waals surface area contributed by atoms with Crippen LogP contribution in [0.15, 0.2) is 29.3 Å². The Bertz CT molecular complexity index is 530. The van der Waals surface area contributed by atoms with E-state index in [9.17, 15) is 4.39 Å². The summed E-state index contributed by atoms with van der Waals surface area (Å²) < 4.78 is 18.9. The zero-order valence-electron chi connectivity index (χ0n) is 14.9. The van der Waals surface area contributed by atoms with Crippen molar-refractivity contribution in [3.05, 3.63) is 30.1 Å². The zero-order chi connectivity index (χ0) is 17.4. The Hall–Kier alpha value is -1.82. The molecule has 2 N–H and O–H groups in total. The van der Waals surface area contributed by atoms with Gasteiger partial charge in [-0.05, 0) is 58.0 Å². The lowest BCUT2D eigenvalue weighted by Gasteiger charge is -2.29. The second kappa shape index (κ2) is 9.47. The standard InChI is InChI=1S/C18H29FN4O/c1-14(24-17-6-4-5-16(19)11-17)12-21-18(20-2)22-13-15-7-9-23(3)10-8-15/h4-6,11,14-15H,7-10,12-13H2,1-3H3,(H2,20,21,22). The molecule has 0 amide bonds. The molecule has 1 aromatic rings. The van der Waals surface area contributed by atoms with Gasteiger partial charge >= 0.3 is 0 Å². The van der Waals surface area contributed by atoms with Crippen LogP contribution in [0.1, 0.15) is 19.8 Å². The number of guanidine groups is 1. The average Bonchev–Trinajstić information content (AvgIpc) is 2.56. The Morgan fingerprint density at radius 3 is 2.79 bits per heavy atom. The first-order chi connectivity index (χ1) is 11.6. The molecule has 0 aliphatic carbocycles. The summed E-state index contributed by atoms with van der Waals surface area (Å²) in [6.07, 6.45) is 2.35. The number of likely N-dealkylation sites (tertiary alicyclic amines) is 1. The highest BCUT2D eigenvalue weighted by Crippen LogP contribution is 2.15. The lowest BCUT2D eigenvalue weighted by Crippen LogP contribution is -2.44. The molecule has 0 spiro atoms. The summed E-state index contributed by atoms with van der Waals surface area (Å²) in [4.78, 5) is 6.62. The quantitative estimate of drug-likeness (QED) is 0.617. The molecular formula is C18H29FN4O. The molecular weight excluding hydrogens is 307 g/mol. The van der Waals surface area contributed by atoms with Crippen LogP contribution in [0.25, 0.3) is 0 Å². The highest BCUT2D eigenvalue weighted by atomic mass is 19.1. The largest absolute Gasteiger partial charge is 0.489 e. The van der Waals surface area contributed by atoms with Gasteiger partial charge in [-0.15, -0.1) is 0 Å². The van der Waals surface area contributed by atoms with Crippen LogP contribution in [0.2, 0.25) is 0 Å². The number of nitrogens with zero attached hydrogens (tertiary/aromatic N) is 2. The molecule has 6 heteroatoms. The van der Waals surface area contributed by atoms with E-state index in [1.165, 1.54) is 25.0 Å². The predicted octanol–water partition coefficient (Wildman–Crippen LogP) is 2.10. The van der Waals surface area contributed by atoms with Gasteiger partial charge in [-0.25, -0.2) is 4.39 Å². The van der Waals surface area contributed by atoms with Crippen molar-refractivity contribution in [2.45, 2.75) is 25.9 Å². The summed E-state index contributed by atoms with van der Waals surface area (Å²) in [5.74, 6) is 1.73. The minimum atomic E-state index is -0.289. The highest BCUT2D eigenvalue weighted by molar-refractivity contribution is 5.79. The van der Waals surface area contributed by atoms with Gasteiger partial charge in [-0.2, -0.15) is 0 Å². The number of nitrogens with one attached hydrogen (secondary N) is 2. The molecule has 5 nitrogen and oxygen atoms in total. The van der Waals surface area contributed by atoms with E-state index in [4.69, 9.17) is 4.74 Å². The Labute approximate surface area is 144 Å². The van der Waals surface area contributed by atoms with Gasteiger partial charge in [0, 0.05) is 19.7 Å². The van der Waals surface area contributed by atoms with E-state index in [1.54, 1.807) is 19.2 Å². The first-order valence-corrected chi connectivity index (χ1v) is 8.62. The minimum Gasteiger partial charge on any atom is -0.489 e. The fourth-order valence-corrected chi connectivity index (χ4v) is 2.78. The van der Waals surface area contributed by atoms with Crippen molar-refractivity contribution in [2.75, 3.05) is 40.3 Å². The number of aliphatic imine (C=N–C) groups is 1. The van der Waals surface area contributed by atoms with Gasteiger partial charge < -0.3 is 20.3 Å². The molecule has 0 bridgehead atoms. The van der Waals surface area contributed by atoms with Gasteiger partial charge in [0.1, 0.15) is 17.7 Å². The number of halogens is 1. The lowest BCUT2D eigenvalue weighted by atomic mass is 9.97. The van der Waals surface area contributed by atoms with Crippen molar-refractivity contribution in [1.82, 2.24) is 15.5 Å². The molecule has 1 aromatic carbocycles. The minimum absolute atomic E-state index is 0.0892. The Morgan fingerprint density at radius 2 is 2.12 bits per heavy atom. The third kappa shape index (κ3) is 6.35. The smallest absolute Gasteiger partial charge is 0.191 e. The van der Waals surface area contributed by atoms with Gasteiger partial charge in [0.2, 0.25) is 0 Å². The van der Waals surface area contributed by atoms with Crippen LogP contribution in [-0.4, -0.2) is 57.2 Å². The highest BCUT2D eigenvalue weighted by Gasteiger charge is 2.16. The second-order valence-corrected chi connectivity index (χ2v) is 6.47. The molecule has 1 aliphatic rings. The number of hydrogen-bond donors (Lipinski definition) is 2. The average molecular weight is 336 g/mol. The topological polar surface area (TPSA) is 48.9 Å². The Kier molecular flexibility index (Phi) is 7.31. The maximum Gasteiger partial charge on any atom is 0.191 e. The van der Waals surface area contributed by atoms with Gasteiger partial charge in [0.05, 0.1) is 6.54 Å². The molecule has 1 fully saturated rings. The maximum atomic E-state index is 13.2. The maximum absolute atomic E-state index is 13.2. The van der Waals surface area contributed by atoms with Gasteiger partial charge in [0.15, 0.2) is 5.96 Å². The normalized spacial score (nSPS) is 18.2. The summed E-state index contributed by atoms with van der Waals surface area (Å²) in [7, 11) is 3.94. The van der Waals surface area contributed by atoms with Crippen LogP contribution in [0, 0.1) is 11.7 Å². The molecule has 0 saturated carbocycles. The van der Waals surface area contributed by atoms with Crippen molar-refractivity contribution >= 4 is 5.96 Å². The number of hydrogen-bond acceptors (Lipinski definition) is 3. The molecule has 1 unspecified atom stereocenters. The fraction of sp³-hybridized carbons (Fsp3) is 0.611. The van der Waals surface area contributed by atoms with E-state index in [0.717, 1.165) is 25.6 Å². The molecule has 1 saturated heterocycles. The first kappa shape index (κ1) is 18.5. The van der Waals surface area contributed by atoms with E-state index in [0.29, 0.717) is 18.2 Å². The van der Waals surface area contributed by atoms with Crippen molar-refractivity contribution in [1.29, 1.82) is 0 Å². The lowest BCUT2D eigenvalue weighted by molar-refractivity contribution is 0.217. The van der Waals surface area contributed by atoms with E-state index >= 15 is 0 Å². The summed E-state index contributed by atoms with van der Waals surface area (Å²) in [5.41, 5.74) is 0. The molecule has 24 heavy (non-hydrogen) atoms. The van der Waals surface area contributed by atoms with Crippen LogP contribution >= 0.6 is 0 Å². The van der Waals surface area contributed by atoms with E-state index in [1.807, 2.05) is 6.92 Å². The second-order valence-electron chi connectivity index (χ2n) is 6.47. The van der Waals surface area contributed by atoms with Crippen LogP contribution < -0.4 is 15.4 Å². The van der Waals surface area contributed by atoms with Crippen molar-refractivity contribution in [3.8, 4) is 5.75 Å². The van der Waals surface area contributed by atoms with Gasteiger partial charge in [-0.1, -0.05) is 6.07 Å². The van der Waals surface area contributed by atoms with Crippen molar-refractivity contribution in [3.63, 3.8) is 0 Å². The van der Waals surface area contributed by atoms with Crippen LogP contribution in [0.4, 0.5) is 4.39 Å². The molecule has 0 radical (unpaired) electrons. The molecule has 1 atom stereocenters. The van der Waals surface area contributed by atoms with Crippen LogP contribution in [0.5, 0.6) is 5.75 Å². The summed E-state index contributed by atoms with van der Waals surface area (Å²) in [5, 5.41) is 6.65. The number of piperidine rings is 1. The number of rotatable bonds is 6. The van der Waals surface area contributed by atoms with Crippen LogP contribution in [0.3, 0.4) is 0 Å². The van der Waals surface area contributed by atoms with E-state index < -0.39 is 0 Å². The molecule has 0 aromatic heterocycles. The van der Waals surface area contributed by atoms with E-state index in [2.05, 4.69) is 27.6 Å². The van der Waals surface area contributed by atoms with Crippen molar-refractivity contribution < 1.29 is 9.13 Å². The molecule has 2 rings (SSSR count). The summed E-state index contributed by atoms with van der Waals surface area (Å²) in [6.45, 7) is 5.81. The third-order valence-electron chi connectivity index (χ3n) is 4.31. The fourth-order valence-electron chi connectivity index (χ4n) is 2.78. The van der Waals surface area contributed by atoms with Crippen molar-refractivity contribution in [2.24, 2.45) is 10.9 Å². The number of benzene rings is 1. The Balaban J connectivity index is 1.69. The number of ether oxygens (including phenoxy) is 1. The monoisotopic (exact) mass is 336 g/mol. The molecule has 1 heterocycles. The molecule has 134 valence electrons. The third-order valence-corrected chi connectivity index (χ3v) is 4.31. The first-order valence-electron chi connectivity index (χ1n) is 8.62. The molecule has 1 aliphatic heterocycles. The van der Waals surface area contributed by atoms with Gasteiger partial charge in [-0.3, -0.25) is 4.99 Å². The SMILES string of the molecule is CN=C(NCC1CCN(C)CC1)NCC(C)Oc1cccc(F)c1. The van der Waals surface area contributed by atoms with E-state index in [-0.39, 0.29) is 11.9 Å². The van der Waals surface area contributed by atoms with Crippen LogP contribution in [-0.2, 0) is 0 Å². The summed E-state index contributed by atoms with van der Waals surface area (Å²) in [6, 6.07) is 6.20. The summed E-state index contributed by atoms with van der Waals surface area (Å²) >= 11 is 0. The Morgan fingerprint density at radius 1 is 1.38 bits per heavy atom. The van der Waals surface area contributed by atoms with Gasteiger partial charge in [0.25, 0.3) is 0 Å². The predicted molar refractivity (Wildman–Crippen MR) is 96.1 cm³/mol.